The highest BCUT2D eigenvalue weighted by molar-refractivity contribution is 5.79. The van der Waals surface area contributed by atoms with Crippen molar-refractivity contribution in [1.82, 2.24) is 15.6 Å². The molecule has 0 aliphatic carbocycles. The van der Waals surface area contributed by atoms with E-state index in [1.165, 1.54) is 0 Å². The number of nitrogens with one attached hydrogen (secondary N) is 2. The zero-order valence-corrected chi connectivity index (χ0v) is 11.5. The third-order valence-electron chi connectivity index (χ3n) is 2.41. The van der Waals surface area contributed by atoms with Crippen molar-refractivity contribution in [2.75, 3.05) is 20.8 Å². The average molecular weight is 250 g/mol. The van der Waals surface area contributed by atoms with Crippen molar-refractivity contribution >= 4 is 5.96 Å². The maximum Gasteiger partial charge on any atom is 0.191 e. The number of aryl methyl sites for hydroxylation is 1. The van der Waals surface area contributed by atoms with Crippen molar-refractivity contribution in [1.29, 1.82) is 0 Å². The fraction of sp³-hybridized carbons (Fsp3) is 0.538. The minimum Gasteiger partial charge on any atom is -0.383 e. The number of rotatable bonds is 5. The molecule has 0 aliphatic heterocycles. The predicted molar refractivity (Wildman–Crippen MR) is 73.6 cm³/mol. The van der Waals surface area contributed by atoms with Crippen LogP contribution >= 0.6 is 0 Å². The molecule has 0 bridgehead atoms. The van der Waals surface area contributed by atoms with Gasteiger partial charge >= 0.3 is 0 Å². The van der Waals surface area contributed by atoms with Crippen LogP contribution in [-0.2, 0) is 11.3 Å². The van der Waals surface area contributed by atoms with Crippen molar-refractivity contribution < 1.29 is 4.74 Å². The highest BCUT2D eigenvalue weighted by atomic mass is 16.5. The van der Waals surface area contributed by atoms with E-state index < -0.39 is 0 Å². The second-order valence-corrected chi connectivity index (χ2v) is 4.20. The Balaban J connectivity index is 2.45. The molecule has 0 aliphatic rings. The maximum atomic E-state index is 5.07. The van der Waals surface area contributed by atoms with Gasteiger partial charge in [-0.2, -0.15) is 0 Å². The lowest BCUT2D eigenvalue weighted by molar-refractivity contribution is 0.179. The summed E-state index contributed by atoms with van der Waals surface area (Å²) in [6.45, 7) is 5.32. The van der Waals surface area contributed by atoms with Crippen molar-refractivity contribution in [3.8, 4) is 0 Å². The topological polar surface area (TPSA) is 58.5 Å². The van der Waals surface area contributed by atoms with Crippen LogP contribution in [0.5, 0.6) is 0 Å². The molecule has 0 aromatic carbocycles. The predicted octanol–water partition coefficient (Wildman–Crippen LogP) is 1.09. The highest BCUT2D eigenvalue weighted by Gasteiger charge is 2.04. The molecule has 100 valence electrons. The molecule has 5 heteroatoms. The molecule has 0 radical (unpaired) electrons. The molecular formula is C13H22N4O. The summed E-state index contributed by atoms with van der Waals surface area (Å²) < 4.78 is 5.07. The largest absolute Gasteiger partial charge is 0.383 e. The van der Waals surface area contributed by atoms with Crippen molar-refractivity contribution in [2.45, 2.75) is 26.4 Å². The van der Waals surface area contributed by atoms with Gasteiger partial charge < -0.3 is 15.4 Å². The van der Waals surface area contributed by atoms with E-state index in [1.54, 1.807) is 14.2 Å². The van der Waals surface area contributed by atoms with E-state index in [2.05, 4.69) is 20.6 Å². The first-order valence-electron chi connectivity index (χ1n) is 6.04. The monoisotopic (exact) mass is 250 g/mol. The van der Waals surface area contributed by atoms with Crippen molar-refractivity contribution in [3.05, 3.63) is 29.6 Å². The second kappa shape index (κ2) is 7.66. The van der Waals surface area contributed by atoms with Crippen molar-refractivity contribution in [3.63, 3.8) is 0 Å². The van der Waals surface area contributed by atoms with Gasteiger partial charge in [-0.25, -0.2) is 0 Å². The Bertz CT molecular complexity index is 392. The lowest BCUT2D eigenvalue weighted by Gasteiger charge is -2.17. The highest BCUT2D eigenvalue weighted by Crippen LogP contribution is 1.97. The number of aliphatic imine (C=N–C) groups is 1. The summed E-state index contributed by atoms with van der Waals surface area (Å²) in [5, 5.41) is 6.46. The fourth-order valence-electron chi connectivity index (χ4n) is 1.59. The first kappa shape index (κ1) is 14.4. The van der Waals surface area contributed by atoms with E-state index in [4.69, 9.17) is 4.74 Å². The van der Waals surface area contributed by atoms with Gasteiger partial charge in [0.15, 0.2) is 5.96 Å². The summed E-state index contributed by atoms with van der Waals surface area (Å²) in [4.78, 5) is 8.58. The molecule has 1 rings (SSSR count). The lowest BCUT2D eigenvalue weighted by atomic mass is 10.3. The zero-order chi connectivity index (χ0) is 13.4. The number of hydrogen-bond acceptors (Lipinski definition) is 3. The summed E-state index contributed by atoms with van der Waals surface area (Å²) in [6.07, 6.45) is 0. The Hall–Kier alpha value is -1.62. The molecule has 1 heterocycles. The molecule has 1 unspecified atom stereocenters. The number of pyridine rings is 1. The third-order valence-corrected chi connectivity index (χ3v) is 2.41. The van der Waals surface area contributed by atoms with Gasteiger partial charge in [0.05, 0.1) is 18.8 Å². The van der Waals surface area contributed by atoms with Crippen LogP contribution in [0.4, 0.5) is 0 Å². The smallest absolute Gasteiger partial charge is 0.191 e. The quantitative estimate of drug-likeness (QED) is 0.607. The van der Waals surface area contributed by atoms with Crippen LogP contribution in [-0.4, -0.2) is 37.7 Å². The van der Waals surface area contributed by atoms with Crippen LogP contribution in [0.15, 0.2) is 23.2 Å². The normalized spacial score (nSPS) is 13.2. The number of methoxy groups -OCH3 is 1. The van der Waals surface area contributed by atoms with Gasteiger partial charge in [0, 0.05) is 25.9 Å². The third kappa shape index (κ3) is 5.14. The van der Waals surface area contributed by atoms with Gasteiger partial charge in [0.1, 0.15) is 0 Å². The van der Waals surface area contributed by atoms with Gasteiger partial charge in [0.25, 0.3) is 0 Å². The minimum absolute atomic E-state index is 0.215. The molecule has 0 spiro atoms. The van der Waals surface area contributed by atoms with E-state index >= 15 is 0 Å². The number of guanidine groups is 1. The first-order valence-corrected chi connectivity index (χ1v) is 6.04. The van der Waals surface area contributed by atoms with E-state index in [-0.39, 0.29) is 6.04 Å². The zero-order valence-electron chi connectivity index (χ0n) is 11.5. The second-order valence-electron chi connectivity index (χ2n) is 4.20. The van der Waals surface area contributed by atoms with E-state index in [0.717, 1.165) is 17.3 Å². The van der Waals surface area contributed by atoms with Gasteiger partial charge in [-0.05, 0) is 26.0 Å². The summed E-state index contributed by atoms with van der Waals surface area (Å²) in [5.41, 5.74) is 2.02. The van der Waals surface area contributed by atoms with E-state index in [1.807, 2.05) is 32.0 Å². The number of nitrogens with zero attached hydrogens (tertiary/aromatic N) is 2. The van der Waals surface area contributed by atoms with Crippen LogP contribution in [0, 0.1) is 6.92 Å². The molecule has 0 saturated heterocycles. The fourth-order valence-corrected chi connectivity index (χ4v) is 1.59. The molecule has 1 aromatic heterocycles. The van der Waals surface area contributed by atoms with Gasteiger partial charge in [-0.3, -0.25) is 9.98 Å². The Morgan fingerprint density at radius 1 is 1.50 bits per heavy atom. The van der Waals surface area contributed by atoms with Crippen LogP contribution in [0.1, 0.15) is 18.3 Å². The molecule has 1 aromatic rings. The summed E-state index contributed by atoms with van der Waals surface area (Å²) in [6, 6.07) is 6.19. The maximum absolute atomic E-state index is 5.07. The van der Waals surface area contributed by atoms with E-state index in [9.17, 15) is 0 Å². The van der Waals surface area contributed by atoms with Crippen LogP contribution < -0.4 is 10.6 Å². The Kier molecular flexibility index (Phi) is 6.14. The molecule has 18 heavy (non-hydrogen) atoms. The van der Waals surface area contributed by atoms with E-state index in [0.29, 0.717) is 13.2 Å². The SMILES string of the molecule is CN=C(NCc1cccc(C)n1)NC(C)COC. The van der Waals surface area contributed by atoms with Crippen molar-refractivity contribution in [2.24, 2.45) is 4.99 Å². The van der Waals surface area contributed by atoms with Gasteiger partial charge in [0.2, 0.25) is 0 Å². The average Bonchev–Trinajstić information content (AvgIpc) is 2.35. The molecule has 5 nitrogen and oxygen atoms in total. The van der Waals surface area contributed by atoms with Crippen LogP contribution in [0.3, 0.4) is 0 Å². The summed E-state index contributed by atoms with van der Waals surface area (Å²) in [5.74, 6) is 0.753. The first-order chi connectivity index (χ1) is 8.65. The number of ether oxygens (including phenoxy) is 1. The Morgan fingerprint density at radius 3 is 2.89 bits per heavy atom. The lowest BCUT2D eigenvalue weighted by Crippen LogP contribution is -2.43. The van der Waals surface area contributed by atoms with Crippen LogP contribution in [0.2, 0.25) is 0 Å². The summed E-state index contributed by atoms with van der Waals surface area (Å²) >= 11 is 0. The molecular weight excluding hydrogens is 228 g/mol. The molecule has 0 saturated carbocycles. The Labute approximate surface area is 109 Å². The molecule has 1 atom stereocenters. The minimum atomic E-state index is 0.215. The number of aromatic nitrogens is 1. The summed E-state index contributed by atoms with van der Waals surface area (Å²) in [7, 11) is 3.43. The Morgan fingerprint density at radius 2 is 2.28 bits per heavy atom. The van der Waals surface area contributed by atoms with Gasteiger partial charge in [-0.15, -0.1) is 0 Å². The standard InChI is InChI=1S/C13H22N4O/c1-10-6-5-7-12(16-10)8-15-13(14-3)17-11(2)9-18-4/h5-7,11H,8-9H2,1-4H3,(H2,14,15,17). The molecule has 2 N–H and O–H groups in total. The molecule has 0 fully saturated rings. The van der Waals surface area contributed by atoms with Crippen LogP contribution in [0.25, 0.3) is 0 Å². The number of hydrogen-bond donors (Lipinski definition) is 2. The van der Waals surface area contributed by atoms with Gasteiger partial charge in [-0.1, -0.05) is 6.07 Å². The molecule has 0 amide bonds.